The summed E-state index contributed by atoms with van der Waals surface area (Å²) in [5.41, 5.74) is 2.29. The molecule has 4 nitrogen and oxygen atoms in total. The number of hydrogen-bond donors (Lipinski definition) is 1. The average Bonchev–Trinajstić information content (AvgIpc) is 3.18. The van der Waals surface area contributed by atoms with Gasteiger partial charge in [0.2, 0.25) is 0 Å². The fourth-order valence-electron chi connectivity index (χ4n) is 2.26. The predicted molar refractivity (Wildman–Crippen MR) is 76.7 cm³/mol. The van der Waals surface area contributed by atoms with Crippen LogP contribution in [-0.4, -0.2) is 17.1 Å². The highest BCUT2D eigenvalue weighted by Crippen LogP contribution is 2.28. The molecule has 20 heavy (non-hydrogen) atoms. The number of nitrogens with one attached hydrogen (secondary N) is 1. The number of aromatic amines is 1. The van der Waals surface area contributed by atoms with Gasteiger partial charge in [-0.3, -0.25) is 0 Å². The van der Waals surface area contributed by atoms with Crippen LogP contribution in [0.25, 0.3) is 11.3 Å². The highest BCUT2D eigenvalue weighted by Gasteiger charge is 2.10. The van der Waals surface area contributed by atoms with Gasteiger partial charge in [-0.25, -0.2) is 4.98 Å². The van der Waals surface area contributed by atoms with Crippen LogP contribution in [0.15, 0.2) is 53.4 Å². The van der Waals surface area contributed by atoms with Crippen molar-refractivity contribution in [2.24, 2.45) is 0 Å². The molecule has 102 valence electrons. The Morgan fingerprint density at radius 3 is 2.90 bits per heavy atom. The zero-order valence-electron chi connectivity index (χ0n) is 11.3. The number of aryl methyl sites for hydroxylation is 2. The second-order valence-electron chi connectivity index (χ2n) is 4.54. The lowest BCUT2D eigenvalue weighted by molar-refractivity contribution is 0.414. The molecule has 0 fully saturated rings. The molecule has 0 aliphatic carbocycles. The van der Waals surface area contributed by atoms with E-state index in [1.807, 2.05) is 30.5 Å². The molecule has 0 saturated carbocycles. The number of imidazole rings is 1. The maximum atomic E-state index is 5.51. The molecule has 2 heterocycles. The largest absolute Gasteiger partial charge is 0.497 e. The minimum absolute atomic E-state index is 0.855. The number of furan rings is 1. The first-order valence-corrected chi connectivity index (χ1v) is 6.56. The number of H-pyrrole nitrogens is 1. The lowest BCUT2D eigenvalue weighted by Crippen LogP contribution is -1.97. The molecular formula is C16H16N2O2. The van der Waals surface area contributed by atoms with Crippen molar-refractivity contribution in [3.8, 4) is 17.1 Å². The SMILES string of the molecule is COc1ccc(-c2ccco2)c(CCc2ncc[nH]2)c1. The Bertz CT molecular complexity index is 658. The van der Waals surface area contributed by atoms with Gasteiger partial charge in [-0.1, -0.05) is 0 Å². The molecular weight excluding hydrogens is 252 g/mol. The molecule has 2 aromatic heterocycles. The lowest BCUT2D eigenvalue weighted by atomic mass is 10.0. The first-order chi connectivity index (χ1) is 9.86. The first kappa shape index (κ1) is 12.5. The van der Waals surface area contributed by atoms with E-state index in [2.05, 4.69) is 16.0 Å². The summed E-state index contributed by atoms with van der Waals surface area (Å²) in [5, 5.41) is 0. The highest BCUT2D eigenvalue weighted by molar-refractivity contribution is 5.63. The van der Waals surface area contributed by atoms with Crippen molar-refractivity contribution in [1.82, 2.24) is 9.97 Å². The number of hydrogen-bond acceptors (Lipinski definition) is 3. The third kappa shape index (κ3) is 2.59. The molecule has 0 aliphatic rings. The van der Waals surface area contributed by atoms with Crippen LogP contribution in [0.5, 0.6) is 5.75 Å². The number of nitrogens with zero attached hydrogens (tertiary/aromatic N) is 1. The number of aromatic nitrogens is 2. The van der Waals surface area contributed by atoms with E-state index in [4.69, 9.17) is 9.15 Å². The van der Waals surface area contributed by atoms with E-state index in [0.717, 1.165) is 35.7 Å². The summed E-state index contributed by atoms with van der Waals surface area (Å²) in [6.07, 6.45) is 7.03. The van der Waals surface area contributed by atoms with E-state index in [1.165, 1.54) is 5.56 Å². The van der Waals surface area contributed by atoms with E-state index >= 15 is 0 Å². The minimum Gasteiger partial charge on any atom is -0.497 e. The molecule has 3 rings (SSSR count). The molecule has 0 unspecified atom stereocenters. The Morgan fingerprint density at radius 2 is 2.20 bits per heavy atom. The maximum absolute atomic E-state index is 5.51. The van der Waals surface area contributed by atoms with E-state index < -0.39 is 0 Å². The average molecular weight is 268 g/mol. The van der Waals surface area contributed by atoms with Gasteiger partial charge in [0.15, 0.2) is 0 Å². The maximum Gasteiger partial charge on any atom is 0.134 e. The molecule has 3 aromatic rings. The summed E-state index contributed by atoms with van der Waals surface area (Å²) in [5.74, 6) is 2.72. The number of rotatable bonds is 5. The smallest absolute Gasteiger partial charge is 0.134 e. The minimum atomic E-state index is 0.855. The fourth-order valence-corrected chi connectivity index (χ4v) is 2.26. The quantitative estimate of drug-likeness (QED) is 0.771. The van der Waals surface area contributed by atoms with Crippen LogP contribution in [-0.2, 0) is 12.8 Å². The topological polar surface area (TPSA) is 51.1 Å². The van der Waals surface area contributed by atoms with Crippen LogP contribution in [0.1, 0.15) is 11.4 Å². The third-order valence-electron chi connectivity index (χ3n) is 3.29. The van der Waals surface area contributed by atoms with Crippen molar-refractivity contribution in [2.45, 2.75) is 12.8 Å². The van der Waals surface area contributed by atoms with Crippen LogP contribution in [0, 0.1) is 0 Å². The standard InChI is InChI=1S/C16H16N2O2/c1-19-13-5-6-14(15-3-2-10-20-15)12(11-13)4-7-16-17-8-9-18-16/h2-3,5-6,8-11H,4,7H2,1H3,(H,17,18). The molecule has 0 radical (unpaired) electrons. The van der Waals surface area contributed by atoms with Gasteiger partial charge in [-0.2, -0.15) is 0 Å². The van der Waals surface area contributed by atoms with Gasteiger partial charge in [-0.15, -0.1) is 0 Å². The molecule has 0 atom stereocenters. The zero-order valence-corrected chi connectivity index (χ0v) is 11.3. The van der Waals surface area contributed by atoms with Crippen LogP contribution in [0.2, 0.25) is 0 Å². The summed E-state index contributed by atoms with van der Waals surface area (Å²) in [6, 6.07) is 9.91. The molecule has 0 aliphatic heterocycles. The van der Waals surface area contributed by atoms with E-state index in [1.54, 1.807) is 19.6 Å². The summed E-state index contributed by atoms with van der Waals surface area (Å²) < 4.78 is 10.8. The second kappa shape index (κ2) is 5.65. The summed E-state index contributed by atoms with van der Waals surface area (Å²) >= 11 is 0. The molecule has 4 heteroatoms. The van der Waals surface area contributed by atoms with E-state index in [9.17, 15) is 0 Å². The molecule has 0 amide bonds. The Kier molecular flexibility index (Phi) is 3.54. The van der Waals surface area contributed by atoms with Crippen LogP contribution >= 0.6 is 0 Å². The Labute approximate surface area is 117 Å². The summed E-state index contributed by atoms with van der Waals surface area (Å²) in [7, 11) is 1.68. The van der Waals surface area contributed by atoms with Gasteiger partial charge in [0.25, 0.3) is 0 Å². The van der Waals surface area contributed by atoms with Gasteiger partial charge < -0.3 is 14.1 Å². The number of benzene rings is 1. The molecule has 0 bridgehead atoms. The van der Waals surface area contributed by atoms with Crippen molar-refractivity contribution in [1.29, 1.82) is 0 Å². The fraction of sp³-hybridized carbons (Fsp3) is 0.188. The summed E-state index contributed by atoms with van der Waals surface area (Å²) in [6.45, 7) is 0. The van der Waals surface area contributed by atoms with Crippen molar-refractivity contribution in [3.05, 3.63) is 60.4 Å². The highest BCUT2D eigenvalue weighted by atomic mass is 16.5. The van der Waals surface area contributed by atoms with Gasteiger partial charge >= 0.3 is 0 Å². The van der Waals surface area contributed by atoms with Gasteiger partial charge in [0.05, 0.1) is 13.4 Å². The van der Waals surface area contributed by atoms with E-state index in [-0.39, 0.29) is 0 Å². The van der Waals surface area contributed by atoms with Crippen LogP contribution in [0.3, 0.4) is 0 Å². The number of ether oxygens (including phenoxy) is 1. The Morgan fingerprint density at radius 1 is 1.25 bits per heavy atom. The van der Waals surface area contributed by atoms with Crippen molar-refractivity contribution in [2.75, 3.05) is 7.11 Å². The lowest BCUT2D eigenvalue weighted by Gasteiger charge is -2.09. The monoisotopic (exact) mass is 268 g/mol. The van der Waals surface area contributed by atoms with Crippen molar-refractivity contribution in [3.63, 3.8) is 0 Å². The molecule has 1 N–H and O–H groups in total. The Balaban J connectivity index is 1.89. The number of methoxy groups -OCH3 is 1. The third-order valence-corrected chi connectivity index (χ3v) is 3.29. The molecule has 0 saturated heterocycles. The molecule has 1 aromatic carbocycles. The normalized spacial score (nSPS) is 10.7. The predicted octanol–water partition coefficient (Wildman–Crippen LogP) is 3.46. The zero-order chi connectivity index (χ0) is 13.8. The van der Waals surface area contributed by atoms with Crippen LogP contribution in [0.4, 0.5) is 0 Å². The first-order valence-electron chi connectivity index (χ1n) is 6.56. The van der Waals surface area contributed by atoms with Gasteiger partial charge in [-0.05, 0) is 42.3 Å². The van der Waals surface area contributed by atoms with Crippen molar-refractivity contribution < 1.29 is 9.15 Å². The van der Waals surface area contributed by atoms with Gasteiger partial charge in [0, 0.05) is 24.4 Å². The van der Waals surface area contributed by atoms with Crippen molar-refractivity contribution >= 4 is 0 Å². The Hall–Kier alpha value is -2.49. The summed E-state index contributed by atoms with van der Waals surface area (Å²) in [4.78, 5) is 7.38. The second-order valence-corrected chi connectivity index (χ2v) is 4.54. The van der Waals surface area contributed by atoms with Gasteiger partial charge in [0.1, 0.15) is 17.3 Å². The van der Waals surface area contributed by atoms with E-state index in [0.29, 0.717) is 0 Å². The van der Waals surface area contributed by atoms with Crippen LogP contribution < -0.4 is 4.74 Å². The molecule has 0 spiro atoms.